The van der Waals surface area contributed by atoms with E-state index in [0.29, 0.717) is 17.0 Å². The lowest BCUT2D eigenvalue weighted by atomic mass is 10.1. The highest BCUT2D eigenvalue weighted by molar-refractivity contribution is 7.64. The SMILES string of the molecule is C=CC1CO[P+]([O-])(OCC)/C1=C(/Cl)COC. The molecule has 0 N–H and O–H groups in total. The Kier molecular flexibility index (Phi) is 5.38. The van der Waals surface area contributed by atoms with Crippen LogP contribution in [0.1, 0.15) is 6.92 Å². The Morgan fingerprint density at radius 1 is 1.81 bits per heavy atom. The van der Waals surface area contributed by atoms with Crippen LogP contribution in [0.25, 0.3) is 0 Å². The normalized spacial score (nSPS) is 32.9. The van der Waals surface area contributed by atoms with Crippen LogP contribution in [0.2, 0.25) is 0 Å². The molecule has 0 saturated carbocycles. The van der Waals surface area contributed by atoms with Gasteiger partial charge in [-0.1, -0.05) is 17.7 Å². The lowest BCUT2D eigenvalue weighted by Crippen LogP contribution is -2.15. The van der Waals surface area contributed by atoms with Gasteiger partial charge in [0.05, 0.1) is 24.2 Å². The summed E-state index contributed by atoms with van der Waals surface area (Å²) in [5, 5.41) is 0.856. The molecule has 1 fully saturated rings. The number of ether oxygens (including phenoxy) is 1. The van der Waals surface area contributed by atoms with Crippen molar-refractivity contribution in [3.05, 3.63) is 23.0 Å². The van der Waals surface area contributed by atoms with Crippen molar-refractivity contribution in [1.29, 1.82) is 0 Å². The molecule has 4 nitrogen and oxygen atoms in total. The fraction of sp³-hybridized carbons (Fsp3) is 0.600. The first kappa shape index (κ1) is 14.1. The Labute approximate surface area is 101 Å². The van der Waals surface area contributed by atoms with Gasteiger partial charge in [-0.15, -0.1) is 6.58 Å². The predicted octanol–water partition coefficient (Wildman–Crippen LogP) is 2.07. The number of methoxy groups -OCH3 is 1. The molecule has 0 aromatic rings. The summed E-state index contributed by atoms with van der Waals surface area (Å²) in [5.74, 6) is -0.167. The van der Waals surface area contributed by atoms with Crippen LogP contribution >= 0.6 is 19.5 Å². The summed E-state index contributed by atoms with van der Waals surface area (Å²) >= 11 is 6.06. The van der Waals surface area contributed by atoms with E-state index in [9.17, 15) is 4.89 Å². The highest BCUT2D eigenvalue weighted by Gasteiger charge is 2.48. The summed E-state index contributed by atoms with van der Waals surface area (Å²) in [5.41, 5.74) is 0. The summed E-state index contributed by atoms with van der Waals surface area (Å²) in [6.07, 6.45) is 1.66. The van der Waals surface area contributed by atoms with Crippen LogP contribution in [0.5, 0.6) is 0 Å². The molecule has 0 amide bonds. The number of halogens is 1. The Balaban J connectivity index is 3.03. The molecule has 16 heavy (non-hydrogen) atoms. The number of hydrogen-bond donors (Lipinski definition) is 0. The maximum Gasteiger partial charge on any atom is 0.268 e. The molecule has 1 aliphatic heterocycles. The average molecular weight is 267 g/mol. The van der Waals surface area contributed by atoms with Gasteiger partial charge in [0, 0.05) is 7.11 Å². The van der Waals surface area contributed by atoms with Gasteiger partial charge in [0.1, 0.15) is 6.61 Å². The van der Waals surface area contributed by atoms with E-state index in [4.69, 9.17) is 25.4 Å². The third kappa shape index (κ3) is 2.83. The molecule has 92 valence electrons. The van der Waals surface area contributed by atoms with Crippen LogP contribution < -0.4 is 4.89 Å². The first-order chi connectivity index (χ1) is 7.59. The van der Waals surface area contributed by atoms with E-state index >= 15 is 0 Å². The summed E-state index contributed by atoms with van der Waals surface area (Å²) in [6, 6.07) is 0. The highest BCUT2D eigenvalue weighted by atomic mass is 35.5. The Morgan fingerprint density at radius 3 is 3.00 bits per heavy atom. The lowest BCUT2D eigenvalue weighted by Gasteiger charge is -2.23. The second kappa shape index (κ2) is 6.10. The molecule has 0 aliphatic carbocycles. The van der Waals surface area contributed by atoms with Crippen LogP contribution in [0.15, 0.2) is 23.0 Å². The van der Waals surface area contributed by atoms with Gasteiger partial charge in [0.25, 0.3) is 7.94 Å². The van der Waals surface area contributed by atoms with E-state index in [-0.39, 0.29) is 19.1 Å². The number of hydrogen-bond acceptors (Lipinski definition) is 4. The van der Waals surface area contributed by atoms with Gasteiger partial charge < -0.3 is 9.63 Å². The van der Waals surface area contributed by atoms with E-state index in [2.05, 4.69) is 6.58 Å². The fourth-order valence-electron chi connectivity index (χ4n) is 1.54. The molecule has 0 bridgehead atoms. The van der Waals surface area contributed by atoms with Gasteiger partial charge in [-0.05, 0) is 6.92 Å². The van der Waals surface area contributed by atoms with E-state index in [0.717, 1.165) is 0 Å². The molecule has 1 heterocycles. The third-order valence-corrected chi connectivity index (χ3v) is 4.93. The van der Waals surface area contributed by atoms with Crippen molar-refractivity contribution < 1.29 is 18.7 Å². The van der Waals surface area contributed by atoms with Crippen molar-refractivity contribution >= 4 is 19.5 Å². The molecular weight excluding hydrogens is 251 g/mol. The van der Waals surface area contributed by atoms with Crippen molar-refractivity contribution in [2.24, 2.45) is 5.92 Å². The molecule has 0 aromatic carbocycles. The second-order valence-corrected chi connectivity index (χ2v) is 5.73. The molecule has 1 saturated heterocycles. The van der Waals surface area contributed by atoms with Crippen molar-refractivity contribution in [3.63, 3.8) is 0 Å². The zero-order valence-corrected chi connectivity index (χ0v) is 11.1. The standard InChI is InChI=1S/C10H16ClO4P/c1-4-8-6-15-16(12,14-5-2)10(8)9(11)7-13-3/h4,8H,1,5-7H2,2-3H3/b10-9+. The largest absolute Gasteiger partial charge is 0.627 e. The fourth-order valence-corrected chi connectivity index (χ4v) is 4.09. The Hall–Kier alpha value is 0.0400. The molecule has 1 rings (SSSR count). The molecule has 1 aliphatic rings. The molecule has 0 aromatic heterocycles. The van der Waals surface area contributed by atoms with Crippen LogP contribution in [-0.2, 0) is 13.8 Å². The maximum atomic E-state index is 12.3. The molecule has 0 spiro atoms. The lowest BCUT2D eigenvalue weighted by molar-refractivity contribution is -0.212. The Morgan fingerprint density at radius 2 is 2.50 bits per heavy atom. The van der Waals surface area contributed by atoms with Crippen molar-refractivity contribution in [2.45, 2.75) is 6.92 Å². The van der Waals surface area contributed by atoms with Crippen molar-refractivity contribution in [1.82, 2.24) is 0 Å². The van der Waals surface area contributed by atoms with E-state index in [1.807, 2.05) is 0 Å². The highest BCUT2D eigenvalue weighted by Crippen LogP contribution is 2.68. The third-order valence-electron chi connectivity index (χ3n) is 2.20. The first-order valence-electron chi connectivity index (χ1n) is 4.98. The molecule has 6 heteroatoms. The van der Waals surface area contributed by atoms with Gasteiger partial charge in [-0.3, -0.25) is 0 Å². The van der Waals surface area contributed by atoms with Gasteiger partial charge in [0.2, 0.25) is 0 Å². The summed E-state index contributed by atoms with van der Waals surface area (Å²) in [7, 11) is -1.72. The second-order valence-electron chi connectivity index (χ2n) is 3.28. The van der Waals surface area contributed by atoms with Gasteiger partial charge >= 0.3 is 0 Å². The van der Waals surface area contributed by atoms with Gasteiger partial charge in [0.15, 0.2) is 5.31 Å². The molecule has 0 radical (unpaired) electrons. The maximum absolute atomic E-state index is 12.3. The summed E-state index contributed by atoms with van der Waals surface area (Å²) in [4.78, 5) is 12.3. The van der Waals surface area contributed by atoms with Crippen molar-refractivity contribution in [3.8, 4) is 0 Å². The zero-order valence-electron chi connectivity index (χ0n) is 9.44. The monoisotopic (exact) mass is 266 g/mol. The summed E-state index contributed by atoms with van der Waals surface area (Å²) < 4.78 is 15.3. The van der Waals surface area contributed by atoms with E-state index < -0.39 is 7.94 Å². The summed E-state index contributed by atoms with van der Waals surface area (Å²) in [6.45, 7) is 6.22. The smallest absolute Gasteiger partial charge is 0.268 e. The number of rotatable bonds is 5. The predicted molar refractivity (Wildman–Crippen MR) is 62.9 cm³/mol. The minimum atomic E-state index is -3.24. The zero-order chi connectivity index (χ0) is 12.2. The molecular formula is C10H16ClO4P. The van der Waals surface area contributed by atoms with Crippen LogP contribution in [-0.4, -0.2) is 26.9 Å². The minimum absolute atomic E-state index is 0.167. The van der Waals surface area contributed by atoms with Crippen molar-refractivity contribution in [2.75, 3.05) is 26.9 Å². The van der Waals surface area contributed by atoms with Crippen LogP contribution in [0.3, 0.4) is 0 Å². The van der Waals surface area contributed by atoms with E-state index in [1.54, 1.807) is 13.0 Å². The Bertz CT molecular complexity index is 295. The topological polar surface area (TPSA) is 50.8 Å². The van der Waals surface area contributed by atoms with Crippen LogP contribution in [0, 0.1) is 5.92 Å². The quantitative estimate of drug-likeness (QED) is 0.565. The van der Waals surface area contributed by atoms with Crippen LogP contribution in [0.4, 0.5) is 0 Å². The van der Waals surface area contributed by atoms with Gasteiger partial charge in [-0.25, -0.2) is 9.05 Å². The minimum Gasteiger partial charge on any atom is -0.627 e. The first-order valence-corrected chi connectivity index (χ1v) is 6.90. The van der Waals surface area contributed by atoms with E-state index in [1.165, 1.54) is 7.11 Å². The van der Waals surface area contributed by atoms with Gasteiger partial charge in [-0.2, -0.15) is 0 Å². The average Bonchev–Trinajstić information content (AvgIpc) is 2.56. The molecule has 2 atom stereocenters. The molecule has 2 unspecified atom stereocenters.